The lowest BCUT2D eigenvalue weighted by Crippen LogP contribution is -2.24. The van der Waals surface area contributed by atoms with Gasteiger partial charge >= 0.3 is 0 Å². The van der Waals surface area contributed by atoms with Gasteiger partial charge in [0.1, 0.15) is 12.4 Å². The van der Waals surface area contributed by atoms with Crippen LogP contribution in [-0.2, 0) is 0 Å². The summed E-state index contributed by atoms with van der Waals surface area (Å²) in [4.78, 5) is 13.8. The number of carbonyl (C=O) groups is 1. The van der Waals surface area contributed by atoms with Crippen LogP contribution in [0.4, 0.5) is 5.69 Å². The molecule has 1 aromatic carbocycles. The summed E-state index contributed by atoms with van der Waals surface area (Å²) in [6.45, 7) is 3.76. The van der Waals surface area contributed by atoms with E-state index in [4.69, 9.17) is 10.5 Å². The Hall–Kier alpha value is -1.75. The highest BCUT2D eigenvalue weighted by Crippen LogP contribution is 2.21. The van der Waals surface area contributed by atoms with Crippen molar-refractivity contribution in [1.82, 2.24) is 10.2 Å². The average Bonchev–Trinajstić information content (AvgIpc) is 2.29. The molecule has 0 aliphatic rings. The molecule has 0 heterocycles. The summed E-state index contributed by atoms with van der Waals surface area (Å²) in [7, 11) is 3.93. The minimum absolute atomic E-state index is 0.141. The van der Waals surface area contributed by atoms with Gasteiger partial charge in [-0.15, -0.1) is 0 Å². The van der Waals surface area contributed by atoms with Crippen LogP contribution in [0.15, 0.2) is 18.2 Å². The molecular weight excluding hydrogens is 230 g/mol. The van der Waals surface area contributed by atoms with Gasteiger partial charge in [0.15, 0.2) is 0 Å². The van der Waals surface area contributed by atoms with Crippen LogP contribution in [0.2, 0.25) is 0 Å². The molecule has 1 amide bonds. The number of likely N-dealkylation sites (N-methyl/N-ethyl adjacent to an activating group) is 1. The summed E-state index contributed by atoms with van der Waals surface area (Å²) in [6.07, 6.45) is 0. The van der Waals surface area contributed by atoms with Gasteiger partial charge in [0, 0.05) is 24.8 Å². The van der Waals surface area contributed by atoms with Crippen LogP contribution in [-0.4, -0.2) is 44.6 Å². The van der Waals surface area contributed by atoms with E-state index < -0.39 is 0 Å². The molecule has 0 aliphatic heterocycles. The second-order valence-corrected chi connectivity index (χ2v) is 4.27. The van der Waals surface area contributed by atoms with Crippen LogP contribution < -0.4 is 15.8 Å². The Morgan fingerprint density at radius 3 is 2.78 bits per heavy atom. The zero-order chi connectivity index (χ0) is 13.5. The van der Waals surface area contributed by atoms with E-state index in [2.05, 4.69) is 5.32 Å². The smallest absolute Gasteiger partial charge is 0.255 e. The number of nitrogens with two attached hydrogens (primary N) is 1. The molecule has 1 rings (SSSR count). The fourth-order valence-corrected chi connectivity index (χ4v) is 1.44. The number of hydrogen-bond acceptors (Lipinski definition) is 4. The van der Waals surface area contributed by atoms with E-state index in [1.165, 1.54) is 0 Å². The Labute approximate surface area is 108 Å². The molecule has 1 aromatic rings. The van der Waals surface area contributed by atoms with Crippen LogP contribution in [0.5, 0.6) is 5.75 Å². The maximum Gasteiger partial charge on any atom is 0.255 e. The number of carbonyl (C=O) groups excluding carboxylic acids is 1. The van der Waals surface area contributed by atoms with Crippen molar-refractivity contribution in [3.05, 3.63) is 23.8 Å². The molecule has 0 aromatic heterocycles. The monoisotopic (exact) mass is 251 g/mol. The van der Waals surface area contributed by atoms with Crippen LogP contribution in [0, 0.1) is 0 Å². The van der Waals surface area contributed by atoms with Crippen molar-refractivity contribution in [1.29, 1.82) is 0 Å². The number of nitrogen functional groups attached to an aromatic ring is 1. The van der Waals surface area contributed by atoms with Gasteiger partial charge in [-0.2, -0.15) is 0 Å². The normalized spacial score (nSPS) is 10.4. The molecule has 0 spiro atoms. The first-order valence-corrected chi connectivity index (χ1v) is 5.99. The van der Waals surface area contributed by atoms with Gasteiger partial charge in [0.25, 0.3) is 5.91 Å². The number of amides is 1. The first kappa shape index (κ1) is 14.3. The number of nitrogens with one attached hydrogen (secondary N) is 1. The summed E-state index contributed by atoms with van der Waals surface area (Å²) in [5.74, 6) is 0.389. The minimum Gasteiger partial charge on any atom is -0.491 e. The Balaban J connectivity index is 2.79. The van der Waals surface area contributed by atoms with Gasteiger partial charge in [-0.3, -0.25) is 4.79 Å². The van der Waals surface area contributed by atoms with Crippen LogP contribution in [0.3, 0.4) is 0 Å². The molecule has 0 atom stereocenters. The average molecular weight is 251 g/mol. The molecule has 0 unspecified atom stereocenters. The number of benzene rings is 1. The Kier molecular flexibility index (Phi) is 5.45. The molecule has 3 N–H and O–H groups in total. The molecule has 0 fully saturated rings. The van der Waals surface area contributed by atoms with Gasteiger partial charge in [-0.1, -0.05) is 0 Å². The molecule has 0 aliphatic carbocycles. The van der Waals surface area contributed by atoms with Crippen molar-refractivity contribution >= 4 is 11.6 Å². The van der Waals surface area contributed by atoms with Crippen LogP contribution >= 0.6 is 0 Å². The predicted molar refractivity (Wildman–Crippen MR) is 72.9 cm³/mol. The third-order valence-electron chi connectivity index (χ3n) is 2.38. The lowest BCUT2D eigenvalue weighted by Gasteiger charge is -2.14. The molecular formula is C13H21N3O2. The number of hydrogen-bond donors (Lipinski definition) is 2. The summed E-state index contributed by atoms with van der Waals surface area (Å²) in [6, 6.07) is 5.06. The first-order valence-electron chi connectivity index (χ1n) is 5.99. The van der Waals surface area contributed by atoms with Crippen molar-refractivity contribution in [2.45, 2.75) is 6.92 Å². The summed E-state index contributed by atoms with van der Waals surface area (Å²) >= 11 is 0. The number of nitrogens with zero attached hydrogens (tertiary/aromatic N) is 1. The SMILES string of the molecule is CCNC(=O)c1ccc(N)cc1OCCN(C)C. The van der Waals surface area contributed by atoms with Crippen molar-refractivity contribution in [3.63, 3.8) is 0 Å². The number of ether oxygens (including phenoxy) is 1. The highest BCUT2D eigenvalue weighted by molar-refractivity contribution is 5.97. The molecule has 18 heavy (non-hydrogen) atoms. The Morgan fingerprint density at radius 1 is 1.44 bits per heavy atom. The largest absolute Gasteiger partial charge is 0.491 e. The van der Waals surface area contributed by atoms with Gasteiger partial charge < -0.3 is 20.7 Å². The molecule has 0 bridgehead atoms. The summed E-state index contributed by atoms with van der Waals surface area (Å²) < 4.78 is 5.61. The third-order valence-corrected chi connectivity index (χ3v) is 2.38. The number of anilines is 1. The zero-order valence-corrected chi connectivity index (χ0v) is 11.2. The molecule has 5 heteroatoms. The summed E-state index contributed by atoms with van der Waals surface area (Å²) in [5, 5.41) is 2.75. The van der Waals surface area contributed by atoms with Gasteiger partial charge in [0.05, 0.1) is 5.56 Å². The molecule has 5 nitrogen and oxygen atoms in total. The molecule has 0 saturated carbocycles. The van der Waals surface area contributed by atoms with E-state index >= 15 is 0 Å². The fraction of sp³-hybridized carbons (Fsp3) is 0.462. The van der Waals surface area contributed by atoms with Crippen LogP contribution in [0.25, 0.3) is 0 Å². The Morgan fingerprint density at radius 2 is 2.17 bits per heavy atom. The zero-order valence-electron chi connectivity index (χ0n) is 11.2. The van der Waals surface area contributed by atoms with Crippen molar-refractivity contribution in [2.24, 2.45) is 0 Å². The first-order chi connectivity index (χ1) is 8.54. The molecule has 0 radical (unpaired) electrons. The van der Waals surface area contributed by atoms with E-state index in [-0.39, 0.29) is 5.91 Å². The van der Waals surface area contributed by atoms with Crippen LogP contribution in [0.1, 0.15) is 17.3 Å². The maximum atomic E-state index is 11.8. The standard InChI is InChI=1S/C13H21N3O2/c1-4-15-13(17)11-6-5-10(14)9-12(11)18-8-7-16(2)3/h5-6,9H,4,7-8,14H2,1-3H3,(H,15,17). The third kappa shape index (κ3) is 4.25. The maximum absolute atomic E-state index is 11.8. The highest BCUT2D eigenvalue weighted by Gasteiger charge is 2.12. The topological polar surface area (TPSA) is 67.6 Å². The van der Waals surface area contributed by atoms with E-state index in [0.717, 1.165) is 6.54 Å². The van der Waals surface area contributed by atoms with Crippen molar-refractivity contribution in [3.8, 4) is 5.75 Å². The highest BCUT2D eigenvalue weighted by atomic mass is 16.5. The second kappa shape index (κ2) is 6.86. The fourth-order valence-electron chi connectivity index (χ4n) is 1.44. The van der Waals surface area contributed by atoms with Crippen molar-refractivity contribution in [2.75, 3.05) is 39.5 Å². The van der Waals surface area contributed by atoms with Gasteiger partial charge in [-0.05, 0) is 33.2 Å². The van der Waals surface area contributed by atoms with Gasteiger partial charge in [-0.25, -0.2) is 0 Å². The van der Waals surface area contributed by atoms with E-state index in [1.807, 2.05) is 25.9 Å². The minimum atomic E-state index is -0.141. The van der Waals surface area contributed by atoms with Gasteiger partial charge in [0.2, 0.25) is 0 Å². The van der Waals surface area contributed by atoms with E-state index in [0.29, 0.717) is 30.2 Å². The molecule has 0 saturated heterocycles. The lowest BCUT2D eigenvalue weighted by atomic mass is 10.1. The second-order valence-electron chi connectivity index (χ2n) is 4.27. The van der Waals surface area contributed by atoms with E-state index in [9.17, 15) is 4.79 Å². The Bertz CT molecular complexity index is 405. The predicted octanol–water partition coefficient (Wildman–Crippen LogP) is 0.959. The lowest BCUT2D eigenvalue weighted by molar-refractivity contribution is 0.0951. The quantitative estimate of drug-likeness (QED) is 0.739. The van der Waals surface area contributed by atoms with E-state index in [1.54, 1.807) is 18.2 Å². The van der Waals surface area contributed by atoms with Crippen molar-refractivity contribution < 1.29 is 9.53 Å². The molecule has 100 valence electrons. The summed E-state index contributed by atoms with van der Waals surface area (Å²) in [5.41, 5.74) is 6.82. The number of rotatable bonds is 6.